The van der Waals surface area contributed by atoms with E-state index >= 15 is 0 Å². The molecule has 0 saturated heterocycles. The third kappa shape index (κ3) is 3.73. The lowest BCUT2D eigenvalue weighted by atomic mass is 10.1. The normalized spacial score (nSPS) is 12.7. The molecule has 1 aromatic carbocycles. The Balaban J connectivity index is 1.81. The molecule has 2 heterocycles. The monoisotopic (exact) mass is 410 g/mol. The summed E-state index contributed by atoms with van der Waals surface area (Å²) in [5.41, 5.74) is 0.104. The molecular weight excluding hydrogens is 388 g/mol. The van der Waals surface area contributed by atoms with E-state index in [1.165, 1.54) is 36.0 Å². The van der Waals surface area contributed by atoms with E-state index < -0.39 is 29.8 Å². The fourth-order valence-corrected chi connectivity index (χ4v) is 3.33. The van der Waals surface area contributed by atoms with Gasteiger partial charge in [-0.3, -0.25) is 28.9 Å². The number of rotatable bonds is 6. The molecule has 0 spiro atoms. The van der Waals surface area contributed by atoms with Crippen LogP contribution in [-0.2, 0) is 11.8 Å². The largest absolute Gasteiger partial charge is 0.339 e. The minimum Gasteiger partial charge on any atom is -0.339 e. The van der Waals surface area contributed by atoms with Gasteiger partial charge in [0.1, 0.15) is 12.2 Å². The molecule has 9 nitrogen and oxygen atoms in total. The highest BCUT2D eigenvalue weighted by Crippen LogP contribution is 2.22. The van der Waals surface area contributed by atoms with Crippen molar-refractivity contribution in [1.29, 1.82) is 0 Å². The van der Waals surface area contributed by atoms with E-state index in [2.05, 4.69) is 5.32 Å². The number of carbonyl (C=O) groups is 4. The Hall–Kier alpha value is -3.75. The zero-order valence-electron chi connectivity index (χ0n) is 17.0. The molecule has 2 aromatic rings. The van der Waals surface area contributed by atoms with Crippen LogP contribution < -0.4 is 10.9 Å². The van der Waals surface area contributed by atoms with E-state index in [1.807, 2.05) is 13.8 Å². The smallest absolute Gasteiger partial charge is 0.274 e. The van der Waals surface area contributed by atoms with E-state index in [4.69, 9.17) is 0 Å². The summed E-state index contributed by atoms with van der Waals surface area (Å²) >= 11 is 0. The van der Waals surface area contributed by atoms with Crippen LogP contribution in [0.1, 0.15) is 44.9 Å². The maximum absolute atomic E-state index is 12.6. The summed E-state index contributed by atoms with van der Waals surface area (Å²) in [4.78, 5) is 64.7. The van der Waals surface area contributed by atoms with Crippen molar-refractivity contribution in [3.8, 4) is 0 Å². The Morgan fingerprint density at radius 1 is 1.00 bits per heavy atom. The highest BCUT2D eigenvalue weighted by Gasteiger charge is 2.36. The van der Waals surface area contributed by atoms with Crippen molar-refractivity contribution < 1.29 is 19.2 Å². The predicted octanol–water partition coefficient (Wildman–Crippen LogP) is 1.10. The zero-order chi connectivity index (χ0) is 22.0. The number of benzene rings is 1. The van der Waals surface area contributed by atoms with Gasteiger partial charge >= 0.3 is 0 Å². The first-order valence-electron chi connectivity index (χ1n) is 9.53. The van der Waals surface area contributed by atoms with Gasteiger partial charge in [-0.1, -0.05) is 12.1 Å². The topological polar surface area (TPSA) is 109 Å². The predicted molar refractivity (Wildman–Crippen MR) is 109 cm³/mol. The summed E-state index contributed by atoms with van der Waals surface area (Å²) in [5.74, 6) is -2.12. The molecule has 0 atom stereocenters. The van der Waals surface area contributed by atoms with Gasteiger partial charge in [0, 0.05) is 26.3 Å². The molecule has 30 heavy (non-hydrogen) atoms. The Bertz CT molecular complexity index is 1070. The minimum absolute atomic E-state index is 0.0999. The van der Waals surface area contributed by atoms with Crippen LogP contribution in [0.15, 0.2) is 41.3 Å². The molecule has 3 rings (SSSR count). The van der Waals surface area contributed by atoms with Crippen molar-refractivity contribution >= 4 is 29.3 Å². The molecule has 0 bridgehead atoms. The number of pyridine rings is 1. The second kappa shape index (κ2) is 8.32. The van der Waals surface area contributed by atoms with Gasteiger partial charge in [-0.05, 0) is 32.0 Å². The van der Waals surface area contributed by atoms with E-state index in [0.29, 0.717) is 13.1 Å². The van der Waals surface area contributed by atoms with E-state index in [9.17, 15) is 24.0 Å². The van der Waals surface area contributed by atoms with E-state index in [1.54, 1.807) is 17.0 Å². The fourth-order valence-electron chi connectivity index (χ4n) is 3.33. The van der Waals surface area contributed by atoms with E-state index in [-0.39, 0.29) is 28.3 Å². The van der Waals surface area contributed by atoms with Crippen LogP contribution in [-0.4, -0.2) is 57.6 Å². The third-order valence-electron chi connectivity index (χ3n) is 4.93. The number of carbonyl (C=O) groups excluding carboxylic acids is 4. The molecule has 0 saturated carbocycles. The summed E-state index contributed by atoms with van der Waals surface area (Å²) in [6.45, 7) is 4.14. The Morgan fingerprint density at radius 3 is 2.10 bits per heavy atom. The summed E-state index contributed by atoms with van der Waals surface area (Å²) < 4.78 is 1.20. The highest BCUT2D eigenvalue weighted by atomic mass is 16.2. The Labute approximate surface area is 172 Å². The molecule has 4 amide bonds. The molecule has 1 aromatic heterocycles. The maximum Gasteiger partial charge on any atom is 0.274 e. The molecular formula is C21H22N4O5. The first-order chi connectivity index (χ1) is 14.3. The van der Waals surface area contributed by atoms with Gasteiger partial charge in [0.2, 0.25) is 5.91 Å². The summed E-state index contributed by atoms with van der Waals surface area (Å²) in [6, 6.07) is 7.62. The number of fused-ring (bicyclic) bond motifs is 1. The van der Waals surface area contributed by atoms with Crippen molar-refractivity contribution in [2.24, 2.45) is 7.05 Å². The molecule has 0 fully saturated rings. The number of amides is 4. The van der Waals surface area contributed by atoms with Crippen molar-refractivity contribution in [2.75, 3.05) is 25.0 Å². The molecule has 1 aliphatic rings. The van der Waals surface area contributed by atoms with Crippen LogP contribution in [0.5, 0.6) is 0 Å². The van der Waals surface area contributed by atoms with Gasteiger partial charge in [0.15, 0.2) is 0 Å². The lowest BCUT2D eigenvalue weighted by Crippen LogP contribution is -2.38. The lowest BCUT2D eigenvalue weighted by Gasteiger charge is -2.19. The number of hydrogen-bond acceptors (Lipinski definition) is 5. The Morgan fingerprint density at radius 2 is 1.57 bits per heavy atom. The van der Waals surface area contributed by atoms with Crippen molar-refractivity contribution in [2.45, 2.75) is 13.8 Å². The quantitative estimate of drug-likeness (QED) is 0.718. The van der Waals surface area contributed by atoms with Crippen LogP contribution in [0.3, 0.4) is 0 Å². The van der Waals surface area contributed by atoms with Crippen LogP contribution >= 0.6 is 0 Å². The number of hydrogen-bond donors (Lipinski definition) is 1. The van der Waals surface area contributed by atoms with Crippen molar-refractivity contribution in [1.82, 2.24) is 14.4 Å². The first-order valence-corrected chi connectivity index (χ1v) is 9.53. The molecule has 1 aliphatic heterocycles. The molecule has 0 radical (unpaired) electrons. The zero-order valence-corrected chi connectivity index (χ0v) is 17.0. The summed E-state index contributed by atoms with van der Waals surface area (Å²) in [6.07, 6.45) is 1.41. The summed E-state index contributed by atoms with van der Waals surface area (Å²) in [5, 5.41) is 2.43. The average Bonchev–Trinajstić information content (AvgIpc) is 2.97. The molecule has 156 valence electrons. The van der Waals surface area contributed by atoms with Gasteiger partial charge in [-0.15, -0.1) is 0 Å². The van der Waals surface area contributed by atoms with Crippen molar-refractivity contribution in [3.05, 3.63) is 63.6 Å². The van der Waals surface area contributed by atoms with Gasteiger partial charge in [-0.2, -0.15) is 0 Å². The van der Waals surface area contributed by atoms with Crippen LogP contribution in [0, 0.1) is 0 Å². The van der Waals surface area contributed by atoms with E-state index in [0.717, 1.165) is 4.90 Å². The second-order valence-corrected chi connectivity index (χ2v) is 6.83. The van der Waals surface area contributed by atoms with Crippen LogP contribution in [0.2, 0.25) is 0 Å². The molecule has 0 unspecified atom stereocenters. The Kier molecular flexibility index (Phi) is 5.81. The van der Waals surface area contributed by atoms with Crippen LogP contribution in [0.4, 0.5) is 5.69 Å². The maximum atomic E-state index is 12.6. The molecule has 1 N–H and O–H groups in total. The SMILES string of the molecule is CCN(CC)C(=O)c1cc(NC(=O)CN2C(=O)c3ccccc3C2=O)c(=O)n(C)c1. The lowest BCUT2D eigenvalue weighted by molar-refractivity contribution is -0.116. The summed E-state index contributed by atoms with van der Waals surface area (Å²) in [7, 11) is 1.47. The van der Waals surface area contributed by atoms with Crippen molar-refractivity contribution in [3.63, 3.8) is 0 Å². The number of imide groups is 1. The number of aryl methyl sites for hydroxylation is 1. The highest BCUT2D eigenvalue weighted by molar-refractivity contribution is 6.22. The standard InChI is InChI=1S/C21H22N4O5/c1-4-24(5-2)18(27)13-10-16(21(30)23(3)11-13)22-17(26)12-25-19(28)14-8-6-7-9-15(14)20(25)29/h6-11H,4-5,12H2,1-3H3,(H,22,26). The number of aromatic nitrogens is 1. The first kappa shape index (κ1) is 21.0. The third-order valence-corrected chi connectivity index (χ3v) is 4.93. The molecule has 0 aliphatic carbocycles. The van der Waals surface area contributed by atoms with Crippen LogP contribution in [0.25, 0.3) is 0 Å². The fraction of sp³-hybridized carbons (Fsp3) is 0.286. The number of nitrogens with one attached hydrogen (secondary N) is 1. The molecule has 9 heteroatoms. The number of nitrogens with zero attached hydrogens (tertiary/aromatic N) is 3. The van der Waals surface area contributed by atoms with Gasteiger partial charge in [-0.25, -0.2) is 0 Å². The van der Waals surface area contributed by atoms with Gasteiger partial charge < -0.3 is 14.8 Å². The number of anilines is 1. The average molecular weight is 410 g/mol. The second-order valence-electron chi connectivity index (χ2n) is 6.83. The minimum atomic E-state index is -0.714. The van der Waals surface area contributed by atoms with Gasteiger partial charge in [0.25, 0.3) is 23.3 Å². The van der Waals surface area contributed by atoms with Gasteiger partial charge in [0.05, 0.1) is 16.7 Å².